The molecular formula is C18H16F3N3O2S. The van der Waals surface area contributed by atoms with Crippen LogP contribution in [0, 0.1) is 5.82 Å². The topological polar surface area (TPSA) is 53.5 Å². The number of pyridine rings is 1. The van der Waals surface area contributed by atoms with E-state index in [0.29, 0.717) is 0 Å². The second kappa shape index (κ2) is 8.43. The molecule has 2 heterocycles. The molecular weight excluding hydrogens is 379 g/mol. The number of carbonyl (C=O) groups is 2. The summed E-state index contributed by atoms with van der Waals surface area (Å²) in [5.41, 5.74) is 0.366. The van der Waals surface area contributed by atoms with Gasteiger partial charge in [0.05, 0.1) is 5.56 Å². The molecule has 0 atom stereocenters. The third-order valence-corrected chi connectivity index (χ3v) is 4.85. The standard InChI is InChI=1S/C18H16F3N3O2S/c19-13-4-1-3-12(11-13)16(25)23-7-9-24(10-8-23)17(26)14-5-2-6-22-15(14)27-18(20)21/h1-6,11,18H,7-10H2. The number of amides is 2. The van der Waals surface area contributed by atoms with E-state index in [9.17, 15) is 22.8 Å². The van der Waals surface area contributed by atoms with E-state index in [4.69, 9.17) is 0 Å². The Labute approximate surface area is 158 Å². The van der Waals surface area contributed by atoms with Gasteiger partial charge in [-0.2, -0.15) is 8.78 Å². The Morgan fingerprint density at radius 1 is 1.00 bits per heavy atom. The maximum atomic E-state index is 13.3. The zero-order valence-electron chi connectivity index (χ0n) is 14.1. The summed E-state index contributed by atoms with van der Waals surface area (Å²) in [5, 5.41) is -0.0178. The number of piperazine rings is 1. The smallest absolute Gasteiger partial charge is 0.290 e. The SMILES string of the molecule is O=C(c1cccc(F)c1)N1CCN(C(=O)c2cccnc2SC(F)F)CC1. The van der Waals surface area contributed by atoms with Gasteiger partial charge in [-0.1, -0.05) is 6.07 Å². The number of alkyl halides is 2. The summed E-state index contributed by atoms with van der Waals surface area (Å²) in [7, 11) is 0. The minimum atomic E-state index is -2.67. The van der Waals surface area contributed by atoms with Gasteiger partial charge in [0.15, 0.2) is 0 Å². The second-order valence-electron chi connectivity index (χ2n) is 5.83. The number of rotatable bonds is 4. The van der Waals surface area contributed by atoms with Crippen LogP contribution in [0.2, 0.25) is 0 Å². The molecule has 0 unspecified atom stereocenters. The number of hydrogen-bond donors (Lipinski definition) is 0. The molecule has 0 spiro atoms. The number of carbonyl (C=O) groups excluding carboxylic acids is 2. The zero-order chi connectivity index (χ0) is 19.4. The third-order valence-electron chi connectivity index (χ3n) is 4.13. The summed E-state index contributed by atoms with van der Waals surface area (Å²) < 4.78 is 38.6. The average molecular weight is 395 g/mol. The van der Waals surface area contributed by atoms with Gasteiger partial charge in [0.2, 0.25) is 0 Å². The first-order chi connectivity index (χ1) is 13.0. The van der Waals surface area contributed by atoms with E-state index in [2.05, 4.69) is 4.98 Å². The minimum absolute atomic E-state index is 0.0178. The quantitative estimate of drug-likeness (QED) is 0.747. The van der Waals surface area contributed by atoms with Gasteiger partial charge in [-0.05, 0) is 42.1 Å². The van der Waals surface area contributed by atoms with Crippen molar-refractivity contribution in [2.24, 2.45) is 0 Å². The van der Waals surface area contributed by atoms with E-state index in [-0.39, 0.29) is 60.0 Å². The van der Waals surface area contributed by atoms with Gasteiger partial charge >= 0.3 is 0 Å². The van der Waals surface area contributed by atoms with Crippen LogP contribution in [0.25, 0.3) is 0 Å². The van der Waals surface area contributed by atoms with Crippen LogP contribution in [0.1, 0.15) is 20.7 Å². The van der Waals surface area contributed by atoms with Crippen molar-refractivity contribution < 1.29 is 22.8 Å². The van der Waals surface area contributed by atoms with Crippen molar-refractivity contribution in [3.8, 4) is 0 Å². The summed E-state index contributed by atoms with van der Waals surface area (Å²) in [5.74, 6) is -3.87. The highest BCUT2D eigenvalue weighted by Gasteiger charge is 2.27. The molecule has 1 aliphatic rings. The fraction of sp³-hybridized carbons (Fsp3) is 0.278. The monoisotopic (exact) mass is 395 g/mol. The van der Waals surface area contributed by atoms with Crippen molar-refractivity contribution >= 4 is 23.6 Å². The minimum Gasteiger partial charge on any atom is -0.335 e. The average Bonchev–Trinajstić information content (AvgIpc) is 2.67. The summed E-state index contributed by atoms with van der Waals surface area (Å²) >= 11 is 0.229. The van der Waals surface area contributed by atoms with Crippen LogP contribution in [0.4, 0.5) is 13.2 Å². The van der Waals surface area contributed by atoms with E-state index in [1.54, 1.807) is 0 Å². The maximum Gasteiger partial charge on any atom is 0.290 e. The van der Waals surface area contributed by atoms with Crippen LogP contribution in [0.3, 0.4) is 0 Å². The Morgan fingerprint density at radius 3 is 2.30 bits per heavy atom. The van der Waals surface area contributed by atoms with Crippen LogP contribution < -0.4 is 0 Å². The summed E-state index contributed by atoms with van der Waals surface area (Å²) in [4.78, 5) is 32.0. The lowest BCUT2D eigenvalue weighted by atomic mass is 10.1. The molecule has 5 nitrogen and oxygen atoms in total. The van der Waals surface area contributed by atoms with Gasteiger partial charge in [-0.3, -0.25) is 9.59 Å². The first kappa shape index (κ1) is 19.2. The lowest BCUT2D eigenvalue weighted by Crippen LogP contribution is -2.50. The first-order valence-electron chi connectivity index (χ1n) is 8.19. The second-order valence-corrected chi connectivity index (χ2v) is 6.81. The molecule has 2 aromatic rings. The predicted octanol–water partition coefficient (Wildman–Crippen LogP) is 3.13. The van der Waals surface area contributed by atoms with E-state index in [0.717, 1.165) is 0 Å². The Morgan fingerprint density at radius 2 is 1.67 bits per heavy atom. The molecule has 1 aromatic carbocycles. The number of aromatic nitrogens is 1. The van der Waals surface area contributed by atoms with Crippen molar-refractivity contribution in [2.45, 2.75) is 10.8 Å². The number of nitrogens with zero attached hydrogens (tertiary/aromatic N) is 3. The molecule has 0 bridgehead atoms. The number of benzene rings is 1. The van der Waals surface area contributed by atoms with Gasteiger partial charge < -0.3 is 9.80 Å². The van der Waals surface area contributed by atoms with Gasteiger partial charge in [0.25, 0.3) is 17.6 Å². The Kier molecular flexibility index (Phi) is 6.00. The summed E-state index contributed by atoms with van der Waals surface area (Å²) in [6.45, 7) is 1.07. The highest BCUT2D eigenvalue weighted by Crippen LogP contribution is 2.27. The van der Waals surface area contributed by atoms with E-state index in [1.807, 2.05) is 0 Å². The zero-order valence-corrected chi connectivity index (χ0v) is 15.0. The molecule has 0 saturated carbocycles. The van der Waals surface area contributed by atoms with Gasteiger partial charge in [0, 0.05) is 37.9 Å². The first-order valence-corrected chi connectivity index (χ1v) is 9.07. The molecule has 1 fully saturated rings. The number of halogens is 3. The molecule has 3 rings (SSSR count). The summed E-state index contributed by atoms with van der Waals surface area (Å²) in [6.07, 6.45) is 1.36. The van der Waals surface area contributed by atoms with Crippen LogP contribution in [-0.2, 0) is 0 Å². The van der Waals surface area contributed by atoms with E-state index < -0.39 is 17.5 Å². The molecule has 0 radical (unpaired) electrons. The molecule has 9 heteroatoms. The lowest BCUT2D eigenvalue weighted by molar-refractivity contribution is 0.0533. The van der Waals surface area contributed by atoms with Crippen molar-refractivity contribution in [1.82, 2.24) is 14.8 Å². The molecule has 2 amide bonds. The third kappa shape index (κ3) is 4.60. The van der Waals surface area contributed by atoms with Crippen molar-refractivity contribution in [1.29, 1.82) is 0 Å². The Hall–Kier alpha value is -2.55. The largest absolute Gasteiger partial charge is 0.335 e. The fourth-order valence-electron chi connectivity index (χ4n) is 2.82. The predicted molar refractivity (Wildman–Crippen MR) is 94.3 cm³/mol. The van der Waals surface area contributed by atoms with E-state index >= 15 is 0 Å². The Balaban J connectivity index is 1.66. The van der Waals surface area contributed by atoms with Crippen molar-refractivity contribution in [3.63, 3.8) is 0 Å². The number of hydrogen-bond acceptors (Lipinski definition) is 4. The molecule has 27 heavy (non-hydrogen) atoms. The molecule has 0 N–H and O–H groups in total. The Bertz CT molecular complexity index is 842. The van der Waals surface area contributed by atoms with Crippen LogP contribution in [0.15, 0.2) is 47.6 Å². The maximum absolute atomic E-state index is 13.3. The molecule has 1 saturated heterocycles. The molecule has 1 aliphatic heterocycles. The molecule has 1 aromatic heterocycles. The normalized spacial score (nSPS) is 14.5. The van der Waals surface area contributed by atoms with Crippen LogP contribution in [-0.4, -0.2) is 58.5 Å². The number of thioether (sulfide) groups is 1. The van der Waals surface area contributed by atoms with Gasteiger partial charge in [0.1, 0.15) is 10.8 Å². The van der Waals surface area contributed by atoms with Gasteiger partial charge in [-0.15, -0.1) is 0 Å². The molecule has 142 valence electrons. The lowest BCUT2D eigenvalue weighted by Gasteiger charge is -2.35. The fourth-order valence-corrected chi connectivity index (χ4v) is 3.39. The van der Waals surface area contributed by atoms with Gasteiger partial charge in [-0.25, -0.2) is 9.37 Å². The highest BCUT2D eigenvalue weighted by molar-refractivity contribution is 7.99. The summed E-state index contributed by atoms with van der Waals surface area (Å²) in [6, 6.07) is 8.41. The van der Waals surface area contributed by atoms with Crippen LogP contribution >= 0.6 is 11.8 Å². The van der Waals surface area contributed by atoms with Crippen molar-refractivity contribution in [3.05, 3.63) is 59.5 Å². The van der Waals surface area contributed by atoms with E-state index in [1.165, 1.54) is 52.4 Å². The highest BCUT2D eigenvalue weighted by atomic mass is 32.2. The van der Waals surface area contributed by atoms with Crippen LogP contribution in [0.5, 0.6) is 0 Å². The van der Waals surface area contributed by atoms with Crippen molar-refractivity contribution in [2.75, 3.05) is 26.2 Å². The molecule has 0 aliphatic carbocycles.